The minimum atomic E-state index is -0.593. The van der Waals surface area contributed by atoms with E-state index < -0.39 is 5.92 Å². The second kappa shape index (κ2) is 7.35. The van der Waals surface area contributed by atoms with E-state index in [-0.39, 0.29) is 18.7 Å². The summed E-state index contributed by atoms with van der Waals surface area (Å²) in [6.45, 7) is -0.224. The zero-order valence-electron chi connectivity index (χ0n) is 15.0. The maximum Gasteiger partial charge on any atom is 0.316 e. The van der Waals surface area contributed by atoms with E-state index in [0.717, 1.165) is 22.9 Å². The van der Waals surface area contributed by atoms with Gasteiger partial charge in [0, 0.05) is 12.8 Å². The van der Waals surface area contributed by atoms with Crippen molar-refractivity contribution in [3.63, 3.8) is 0 Å². The zero-order chi connectivity index (χ0) is 18.2. The number of carbonyl (C=O) groups excluding carboxylic acids is 1. The van der Waals surface area contributed by atoms with Crippen LogP contribution in [0.3, 0.4) is 0 Å². The molecule has 3 saturated heterocycles. The van der Waals surface area contributed by atoms with Gasteiger partial charge in [-0.1, -0.05) is 46.3 Å². The first-order chi connectivity index (χ1) is 12.0. The second-order valence-electron chi connectivity index (χ2n) is 7.51. The molecule has 5 unspecified atom stereocenters. The SMILES string of the molecule is CBr.C[N+]1(C)C2CC(OC(=O)C(CO)c3ccccc3)CC1C1OC12. The average molecular weight is 413 g/mol. The van der Waals surface area contributed by atoms with Crippen molar-refractivity contribution >= 4 is 21.9 Å². The van der Waals surface area contributed by atoms with Crippen LogP contribution in [-0.2, 0) is 14.3 Å². The number of epoxide rings is 1. The van der Waals surface area contributed by atoms with Gasteiger partial charge < -0.3 is 19.1 Å². The lowest BCUT2D eigenvalue weighted by atomic mass is 9.95. The predicted molar refractivity (Wildman–Crippen MR) is 98.6 cm³/mol. The molecule has 5 nitrogen and oxygen atoms in total. The van der Waals surface area contributed by atoms with Crippen LogP contribution < -0.4 is 0 Å². The van der Waals surface area contributed by atoms with E-state index >= 15 is 0 Å². The Hall–Kier alpha value is -0.950. The van der Waals surface area contributed by atoms with E-state index in [1.165, 1.54) is 0 Å². The minimum absolute atomic E-state index is 0.0576. The maximum absolute atomic E-state index is 12.5. The molecule has 4 rings (SSSR count). The molecule has 0 saturated carbocycles. The van der Waals surface area contributed by atoms with Gasteiger partial charge in [-0.05, 0) is 11.4 Å². The summed E-state index contributed by atoms with van der Waals surface area (Å²) in [5.41, 5.74) is 0.807. The number of piperidine rings is 1. The fourth-order valence-electron chi connectivity index (χ4n) is 4.55. The predicted octanol–water partition coefficient (Wildman–Crippen LogP) is 2.07. The van der Waals surface area contributed by atoms with E-state index in [0.29, 0.717) is 24.3 Å². The largest absolute Gasteiger partial charge is 0.461 e. The third-order valence-electron chi connectivity index (χ3n) is 5.99. The molecule has 6 heteroatoms. The van der Waals surface area contributed by atoms with Crippen LogP contribution >= 0.6 is 15.9 Å². The van der Waals surface area contributed by atoms with Gasteiger partial charge in [0.1, 0.15) is 36.3 Å². The molecule has 1 aromatic carbocycles. The molecule has 2 bridgehead atoms. The Bertz CT molecular complexity index is 589. The molecule has 138 valence electrons. The summed E-state index contributed by atoms with van der Waals surface area (Å²) in [5.74, 6) is 0.904. The van der Waals surface area contributed by atoms with Crippen molar-refractivity contribution < 1.29 is 23.9 Å². The summed E-state index contributed by atoms with van der Waals surface area (Å²) in [6.07, 6.45) is 2.34. The molecule has 0 spiro atoms. The van der Waals surface area contributed by atoms with Crippen LogP contribution in [0.25, 0.3) is 0 Å². The molecule has 3 aliphatic rings. The molecule has 0 amide bonds. The molecule has 25 heavy (non-hydrogen) atoms. The van der Waals surface area contributed by atoms with Gasteiger partial charge >= 0.3 is 5.97 Å². The Balaban J connectivity index is 0.000000880. The number of hydrogen-bond donors (Lipinski definition) is 1. The van der Waals surface area contributed by atoms with Gasteiger partial charge in [0.05, 0.1) is 20.7 Å². The highest BCUT2D eigenvalue weighted by atomic mass is 79.9. The van der Waals surface area contributed by atoms with Crippen LogP contribution in [0, 0.1) is 0 Å². The number of aliphatic hydroxyl groups is 1. The van der Waals surface area contributed by atoms with Crippen molar-refractivity contribution in [2.45, 2.75) is 49.2 Å². The van der Waals surface area contributed by atoms with E-state index in [1.807, 2.05) is 36.2 Å². The Labute approximate surface area is 157 Å². The van der Waals surface area contributed by atoms with Crippen LogP contribution in [0.2, 0.25) is 0 Å². The molecule has 1 aromatic rings. The monoisotopic (exact) mass is 412 g/mol. The van der Waals surface area contributed by atoms with Gasteiger partial charge in [0.15, 0.2) is 0 Å². The van der Waals surface area contributed by atoms with Crippen molar-refractivity contribution in [2.75, 3.05) is 26.5 Å². The Kier molecular flexibility index (Phi) is 5.54. The molecule has 0 radical (unpaired) electrons. The lowest BCUT2D eigenvalue weighted by Crippen LogP contribution is -2.60. The van der Waals surface area contributed by atoms with Gasteiger partial charge in [-0.25, -0.2) is 0 Å². The fraction of sp³-hybridized carbons (Fsp3) is 0.632. The number of aliphatic hydroxyl groups excluding tert-OH is 1. The summed E-state index contributed by atoms with van der Waals surface area (Å²) in [5, 5.41) is 9.60. The number of esters is 1. The van der Waals surface area contributed by atoms with Crippen molar-refractivity contribution in [3.8, 4) is 0 Å². The minimum Gasteiger partial charge on any atom is -0.461 e. The standard InChI is InChI=1S/C18H24NO4.CH3Br/c1-19(2)14-8-12(9-15(19)17-16(14)23-17)22-18(21)13(10-20)11-6-4-3-5-7-11;1-2/h3-7,12-17,20H,8-10H2,1-2H3;1H3/q+1;. The lowest BCUT2D eigenvalue weighted by molar-refractivity contribution is -0.938. The summed E-state index contributed by atoms with van der Waals surface area (Å²) in [7, 11) is 4.51. The first-order valence-corrected chi connectivity index (χ1v) is 10.3. The number of likely N-dealkylation sites (N-methyl/N-ethyl adjacent to an activating group) is 1. The van der Waals surface area contributed by atoms with Crippen molar-refractivity contribution in [2.24, 2.45) is 0 Å². The third kappa shape index (κ3) is 3.37. The maximum atomic E-state index is 12.5. The number of carbonyl (C=O) groups is 1. The Morgan fingerprint density at radius 1 is 1.24 bits per heavy atom. The number of halogens is 1. The van der Waals surface area contributed by atoms with E-state index in [4.69, 9.17) is 9.47 Å². The topological polar surface area (TPSA) is 59.1 Å². The fourth-order valence-corrected chi connectivity index (χ4v) is 4.55. The Morgan fingerprint density at radius 2 is 1.80 bits per heavy atom. The van der Waals surface area contributed by atoms with Crippen LogP contribution in [0.4, 0.5) is 0 Å². The molecule has 1 N–H and O–H groups in total. The quantitative estimate of drug-likeness (QED) is 0.356. The lowest BCUT2D eigenvalue weighted by Gasteiger charge is -2.45. The molecule has 0 aromatic heterocycles. The number of quaternary nitrogens is 1. The van der Waals surface area contributed by atoms with E-state index in [9.17, 15) is 9.90 Å². The number of alkyl halides is 1. The molecular weight excluding hydrogens is 386 g/mol. The van der Waals surface area contributed by atoms with Crippen molar-refractivity contribution in [3.05, 3.63) is 35.9 Å². The molecule has 3 aliphatic heterocycles. The highest BCUT2D eigenvalue weighted by molar-refractivity contribution is 9.08. The second-order valence-corrected chi connectivity index (χ2v) is 7.51. The van der Waals surface area contributed by atoms with Gasteiger partial charge in [0.25, 0.3) is 0 Å². The number of nitrogens with zero attached hydrogens (tertiary/aromatic N) is 1. The number of rotatable bonds is 4. The zero-order valence-corrected chi connectivity index (χ0v) is 16.6. The van der Waals surface area contributed by atoms with Crippen molar-refractivity contribution in [1.29, 1.82) is 0 Å². The van der Waals surface area contributed by atoms with Gasteiger partial charge in [0.2, 0.25) is 0 Å². The highest BCUT2D eigenvalue weighted by Gasteiger charge is 2.70. The molecular formula is C19H27BrNO4+. The van der Waals surface area contributed by atoms with Gasteiger partial charge in [-0.2, -0.15) is 0 Å². The average Bonchev–Trinajstić information content (AvgIpc) is 3.37. The molecule has 5 atom stereocenters. The number of hydrogen-bond acceptors (Lipinski definition) is 4. The van der Waals surface area contributed by atoms with Crippen molar-refractivity contribution in [1.82, 2.24) is 0 Å². The first-order valence-electron chi connectivity index (χ1n) is 8.75. The summed E-state index contributed by atoms with van der Waals surface area (Å²) < 4.78 is 12.5. The van der Waals surface area contributed by atoms with Crippen LogP contribution in [0.1, 0.15) is 24.3 Å². The number of fused-ring (bicyclic) bond motifs is 5. The van der Waals surface area contributed by atoms with E-state index in [2.05, 4.69) is 30.0 Å². The smallest absolute Gasteiger partial charge is 0.316 e. The van der Waals surface area contributed by atoms with Crippen LogP contribution in [-0.4, -0.2) is 72.5 Å². The molecule has 3 fully saturated rings. The summed E-state index contributed by atoms with van der Waals surface area (Å²) >= 11 is 2.94. The van der Waals surface area contributed by atoms with Crippen LogP contribution in [0.5, 0.6) is 0 Å². The van der Waals surface area contributed by atoms with Gasteiger partial charge in [-0.15, -0.1) is 0 Å². The summed E-state index contributed by atoms with van der Waals surface area (Å²) in [4.78, 5) is 12.5. The third-order valence-corrected chi connectivity index (χ3v) is 5.99. The van der Waals surface area contributed by atoms with E-state index in [1.54, 1.807) is 0 Å². The number of morpholine rings is 1. The number of benzene rings is 1. The first kappa shape index (κ1) is 18.8. The Morgan fingerprint density at radius 3 is 2.32 bits per heavy atom. The normalized spacial score (nSPS) is 35.0. The number of ether oxygens (including phenoxy) is 2. The highest BCUT2D eigenvalue weighted by Crippen LogP contribution is 2.51. The van der Waals surface area contributed by atoms with Crippen LogP contribution in [0.15, 0.2) is 30.3 Å². The van der Waals surface area contributed by atoms with Gasteiger partial charge in [-0.3, -0.25) is 4.79 Å². The molecule has 3 heterocycles. The summed E-state index contributed by atoms with van der Waals surface area (Å²) in [6, 6.07) is 10.2. The molecule has 0 aliphatic carbocycles.